The second-order valence-corrected chi connectivity index (χ2v) is 9.11. The maximum Gasteiger partial charge on any atom is 0.255 e. The first-order valence-electron chi connectivity index (χ1n) is 11.9. The van der Waals surface area contributed by atoms with Crippen molar-refractivity contribution >= 4 is 17.3 Å². The van der Waals surface area contributed by atoms with Gasteiger partial charge in [0, 0.05) is 44.5 Å². The van der Waals surface area contributed by atoms with Crippen LogP contribution in [0.2, 0.25) is 0 Å². The van der Waals surface area contributed by atoms with Crippen molar-refractivity contribution in [2.75, 3.05) is 42.5 Å². The zero-order chi connectivity index (χ0) is 22.8. The Kier molecular flexibility index (Phi) is 6.05. The summed E-state index contributed by atoms with van der Waals surface area (Å²) in [5.74, 6) is -0.00444. The molecule has 170 valence electrons. The number of carbonyl (C=O) groups is 1. The number of para-hydroxylation sites is 2. The van der Waals surface area contributed by atoms with Crippen LogP contribution in [-0.4, -0.2) is 49.6 Å². The standard InChI is InChI=1S/C28H32N4O/c1-21-10-6-8-14-25(21)31-18-16-30(17-19-31)22(2)20-32-26-15-9-7-13-24(26)28(33)29-27(32)23-11-4-3-5-12-23/h3-15,22,27H,16-20H2,1-2H3,(H,29,33). The summed E-state index contributed by atoms with van der Waals surface area (Å²) in [5, 5.41) is 3.24. The Balaban J connectivity index is 1.34. The first-order valence-corrected chi connectivity index (χ1v) is 11.9. The second-order valence-electron chi connectivity index (χ2n) is 9.11. The van der Waals surface area contributed by atoms with Crippen molar-refractivity contribution in [3.63, 3.8) is 0 Å². The van der Waals surface area contributed by atoms with E-state index in [1.54, 1.807) is 0 Å². The molecule has 0 aliphatic carbocycles. The summed E-state index contributed by atoms with van der Waals surface area (Å²) in [6.45, 7) is 9.48. The predicted octanol–water partition coefficient (Wildman–Crippen LogP) is 4.45. The van der Waals surface area contributed by atoms with Crippen LogP contribution in [0.15, 0.2) is 78.9 Å². The van der Waals surface area contributed by atoms with E-state index in [-0.39, 0.29) is 12.1 Å². The fraction of sp³-hybridized carbons (Fsp3) is 0.321. The topological polar surface area (TPSA) is 38.8 Å². The third-order valence-electron chi connectivity index (χ3n) is 7.01. The predicted molar refractivity (Wildman–Crippen MR) is 135 cm³/mol. The van der Waals surface area contributed by atoms with E-state index in [9.17, 15) is 4.79 Å². The van der Waals surface area contributed by atoms with Crippen LogP contribution in [0, 0.1) is 6.92 Å². The van der Waals surface area contributed by atoms with Crippen LogP contribution in [0.4, 0.5) is 11.4 Å². The van der Waals surface area contributed by atoms with Gasteiger partial charge >= 0.3 is 0 Å². The Morgan fingerprint density at radius 2 is 1.48 bits per heavy atom. The Labute approximate surface area is 196 Å². The first kappa shape index (κ1) is 21.5. The van der Waals surface area contributed by atoms with Crippen molar-refractivity contribution in [2.24, 2.45) is 0 Å². The van der Waals surface area contributed by atoms with Gasteiger partial charge in [-0.25, -0.2) is 0 Å². The van der Waals surface area contributed by atoms with Crippen molar-refractivity contribution in [2.45, 2.75) is 26.1 Å². The van der Waals surface area contributed by atoms with Crippen LogP contribution in [0.5, 0.6) is 0 Å². The molecule has 2 heterocycles. The Morgan fingerprint density at radius 1 is 0.848 bits per heavy atom. The number of carbonyl (C=O) groups excluding carboxylic acids is 1. The number of hydrogen-bond acceptors (Lipinski definition) is 4. The Hall–Kier alpha value is -3.31. The molecule has 0 radical (unpaired) electrons. The van der Waals surface area contributed by atoms with Gasteiger partial charge in [-0.1, -0.05) is 60.7 Å². The highest BCUT2D eigenvalue weighted by molar-refractivity contribution is 6.02. The Morgan fingerprint density at radius 3 is 2.21 bits per heavy atom. The van der Waals surface area contributed by atoms with Crippen molar-refractivity contribution in [3.8, 4) is 0 Å². The van der Waals surface area contributed by atoms with Gasteiger partial charge < -0.3 is 15.1 Å². The minimum atomic E-state index is -0.163. The third kappa shape index (κ3) is 4.33. The van der Waals surface area contributed by atoms with Gasteiger partial charge in [0.1, 0.15) is 6.17 Å². The molecule has 5 heteroatoms. The van der Waals surface area contributed by atoms with Gasteiger partial charge in [-0.15, -0.1) is 0 Å². The highest BCUT2D eigenvalue weighted by Crippen LogP contribution is 2.33. The lowest BCUT2D eigenvalue weighted by molar-refractivity contribution is 0.0923. The molecule has 1 N–H and O–H groups in total. The molecule has 3 aromatic rings. The molecule has 33 heavy (non-hydrogen) atoms. The maximum atomic E-state index is 12.8. The van der Waals surface area contributed by atoms with Gasteiger partial charge in [0.25, 0.3) is 5.91 Å². The van der Waals surface area contributed by atoms with E-state index in [0.29, 0.717) is 6.04 Å². The van der Waals surface area contributed by atoms with Crippen molar-refractivity contribution < 1.29 is 4.79 Å². The Bertz CT molecular complexity index is 1110. The number of fused-ring (bicyclic) bond motifs is 1. The quantitative estimate of drug-likeness (QED) is 0.636. The summed E-state index contributed by atoms with van der Waals surface area (Å²) in [7, 11) is 0. The second kappa shape index (κ2) is 9.28. The lowest BCUT2D eigenvalue weighted by atomic mass is 10.0. The average molecular weight is 441 g/mol. The average Bonchev–Trinajstić information content (AvgIpc) is 2.86. The summed E-state index contributed by atoms with van der Waals surface area (Å²) < 4.78 is 0. The number of anilines is 2. The molecular formula is C28H32N4O. The van der Waals surface area contributed by atoms with Crippen LogP contribution in [-0.2, 0) is 0 Å². The van der Waals surface area contributed by atoms with E-state index in [2.05, 4.69) is 76.3 Å². The number of rotatable bonds is 5. The number of piperazine rings is 1. The van der Waals surface area contributed by atoms with Crippen LogP contribution < -0.4 is 15.1 Å². The van der Waals surface area contributed by atoms with Crippen molar-refractivity contribution in [1.29, 1.82) is 0 Å². The SMILES string of the molecule is Cc1ccccc1N1CCN(C(C)CN2c3ccccc3C(=O)NC2c2ccccc2)CC1. The molecule has 0 bridgehead atoms. The van der Waals surface area contributed by atoms with Crippen LogP contribution >= 0.6 is 0 Å². The minimum Gasteiger partial charge on any atom is -0.369 e. The first-order chi connectivity index (χ1) is 16.1. The molecule has 5 rings (SSSR count). The molecule has 0 saturated carbocycles. The number of amides is 1. The van der Waals surface area contributed by atoms with Gasteiger partial charge in [0.05, 0.1) is 11.3 Å². The highest BCUT2D eigenvalue weighted by Gasteiger charge is 2.33. The van der Waals surface area contributed by atoms with E-state index in [1.165, 1.54) is 11.3 Å². The molecule has 2 aliphatic heterocycles. The van der Waals surface area contributed by atoms with E-state index in [4.69, 9.17) is 0 Å². The molecule has 1 saturated heterocycles. The van der Waals surface area contributed by atoms with E-state index in [0.717, 1.165) is 49.5 Å². The molecule has 5 nitrogen and oxygen atoms in total. The summed E-state index contributed by atoms with van der Waals surface area (Å²) in [6, 6.07) is 27.3. The monoisotopic (exact) mass is 440 g/mol. The molecule has 3 aromatic carbocycles. The molecule has 0 aromatic heterocycles. The number of nitrogens with one attached hydrogen (secondary N) is 1. The number of aryl methyl sites for hydroxylation is 1. The zero-order valence-electron chi connectivity index (χ0n) is 19.4. The molecule has 2 aliphatic rings. The normalized spacial score (nSPS) is 19.7. The third-order valence-corrected chi connectivity index (χ3v) is 7.01. The van der Waals surface area contributed by atoms with Crippen LogP contribution in [0.3, 0.4) is 0 Å². The fourth-order valence-electron chi connectivity index (χ4n) is 5.16. The molecule has 1 fully saturated rings. The van der Waals surface area contributed by atoms with Gasteiger partial charge in [0.15, 0.2) is 0 Å². The highest BCUT2D eigenvalue weighted by atomic mass is 16.2. The lowest BCUT2D eigenvalue weighted by Crippen LogP contribution is -2.55. The van der Waals surface area contributed by atoms with Crippen molar-refractivity contribution in [1.82, 2.24) is 10.2 Å². The van der Waals surface area contributed by atoms with E-state index < -0.39 is 0 Å². The molecule has 1 amide bonds. The largest absolute Gasteiger partial charge is 0.369 e. The number of hydrogen-bond donors (Lipinski definition) is 1. The minimum absolute atomic E-state index is 0.00444. The number of benzene rings is 3. The summed E-state index contributed by atoms with van der Waals surface area (Å²) in [6.07, 6.45) is -0.163. The molecule has 0 spiro atoms. The fourth-order valence-corrected chi connectivity index (χ4v) is 5.16. The summed E-state index contributed by atoms with van der Waals surface area (Å²) in [4.78, 5) is 20.3. The van der Waals surface area contributed by atoms with E-state index in [1.807, 2.05) is 36.4 Å². The van der Waals surface area contributed by atoms with Crippen LogP contribution in [0.25, 0.3) is 0 Å². The summed E-state index contributed by atoms with van der Waals surface area (Å²) >= 11 is 0. The van der Waals surface area contributed by atoms with Gasteiger partial charge in [0.2, 0.25) is 0 Å². The zero-order valence-corrected chi connectivity index (χ0v) is 19.4. The maximum absolute atomic E-state index is 12.8. The molecular weight excluding hydrogens is 408 g/mol. The van der Waals surface area contributed by atoms with E-state index >= 15 is 0 Å². The van der Waals surface area contributed by atoms with Gasteiger partial charge in [-0.2, -0.15) is 0 Å². The smallest absolute Gasteiger partial charge is 0.255 e. The lowest BCUT2D eigenvalue weighted by Gasteiger charge is -2.44. The molecule has 2 atom stereocenters. The van der Waals surface area contributed by atoms with Gasteiger partial charge in [-0.3, -0.25) is 9.69 Å². The van der Waals surface area contributed by atoms with Crippen molar-refractivity contribution in [3.05, 3.63) is 95.6 Å². The number of nitrogens with zero attached hydrogens (tertiary/aromatic N) is 3. The summed E-state index contributed by atoms with van der Waals surface area (Å²) in [5.41, 5.74) is 5.56. The van der Waals surface area contributed by atoms with Crippen LogP contribution in [0.1, 0.15) is 34.6 Å². The molecule has 2 unspecified atom stereocenters. The van der Waals surface area contributed by atoms with Gasteiger partial charge in [-0.05, 0) is 43.2 Å².